The minimum atomic E-state index is 0.696. The summed E-state index contributed by atoms with van der Waals surface area (Å²) < 4.78 is 1.91. The Balaban J connectivity index is 2.57. The summed E-state index contributed by atoms with van der Waals surface area (Å²) in [5.41, 5.74) is 7.46. The quantitative estimate of drug-likeness (QED) is 0.714. The highest BCUT2D eigenvalue weighted by atomic mass is 15.1. The zero-order valence-electron chi connectivity index (χ0n) is 7.44. The second kappa shape index (κ2) is 2.94. The zero-order chi connectivity index (χ0) is 9.26. The fraction of sp³-hybridized carbons (Fsp3) is 0.100. The van der Waals surface area contributed by atoms with Crippen LogP contribution < -0.4 is 5.73 Å². The molecule has 0 aromatic carbocycles. The Morgan fingerprint density at radius 1 is 1.23 bits per heavy atom. The lowest BCUT2D eigenvalue weighted by Gasteiger charge is -2.05. The highest BCUT2D eigenvalue weighted by Gasteiger charge is 2.01. The third kappa shape index (κ3) is 1.40. The Morgan fingerprint density at radius 2 is 1.92 bits per heavy atom. The summed E-state index contributed by atoms with van der Waals surface area (Å²) in [6, 6.07) is 7.67. The van der Waals surface area contributed by atoms with Crippen LogP contribution in [0.1, 0.15) is 5.69 Å². The normalized spacial score (nSPS) is 10.2. The van der Waals surface area contributed by atoms with Crippen molar-refractivity contribution in [2.75, 3.05) is 5.73 Å². The first-order valence-corrected chi connectivity index (χ1v) is 4.14. The van der Waals surface area contributed by atoms with Gasteiger partial charge >= 0.3 is 0 Å². The van der Waals surface area contributed by atoms with Gasteiger partial charge in [0.1, 0.15) is 0 Å². The maximum Gasteiger partial charge on any atom is 0.160 e. The van der Waals surface area contributed by atoms with E-state index >= 15 is 0 Å². The summed E-state index contributed by atoms with van der Waals surface area (Å²) in [5.74, 6) is 0.796. The van der Waals surface area contributed by atoms with Gasteiger partial charge in [-0.3, -0.25) is 0 Å². The number of rotatable bonds is 1. The van der Waals surface area contributed by atoms with E-state index in [4.69, 9.17) is 5.73 Å². The van der Waals surface area contributed by atoms with Crippen molar-refractivity contribution in [3.05, 3.63) is 42.4 Å². The molecule has 2 aromatic heterocycles. The Morgan fingerprint density at radius 3 is 2.62 bits per heavy atom. The van der Waals surface area contributed by atoms with Crippen LogP contribution in [-0.2, 0) is 0 Å². The van der Waals surface area contributed by atoms with E-state index in [1.165, 1.54) is 0 Å². The van der Waals surface area contributed by atoms with Gasteiger partial charge in [-0.05, 0) is 31.2 Å². The summed E-state index contributed by atoms with van der Waals surface area (Å²) in [6.45, 7) is 1.95. The SMILES string of the molecule is Cc1ccc(N)c(-n2cccc2)n1. The molecule has 3 nitrogen and oxygen atoms in total. The van der Waals surface area contributed by atoms with Gasteiger partial charge < -0.3 is 10.3 Å². The molecule has 2 N–H and O–H groups in total. The monoisotopic (exact) mass is 173 g/mol. The molecule has 66 valence electrons. The van der Waals surface area contributed by atoms with Gasteiger partial charge in [0.05, 0.1) is 5.69 Å². The molecule has 13 heavy (non-hydrogen) atoms. The number of nitrogens with zero attached hydrogens (tertiary/aromatic N) is 2. The van der Waals surface area contributed by atoms with E-state index in [0.29, 0.717) is 5.69 Å². The molecular formula is C10H11N3. The second-order valence-corrected chi connectivity index (χ2v) is 2.96. The van der Waals surface area contributed by atoms with Crippen molar-refractivity contribution in [1.82, 2.24) is 9.55 Å². The second-order valence-electron chi connectivity index (χ2n) is 2.96. The molecule has 0 spiro atoms. The van der Waals surface area contributed by atoms with Crippen LogP contribution in [0, 0.1) is 6.92 Å². The van der Waals surface area contributed by atoms with Crippen molar-refractivity contribution >= 4 is 5.69 Å². The molecule has 3 heteroatoms. The first kappa shape index (κ1) is 7.86. The molecule has 0 amide bonds. The Bertz CT molecular complexity index is 404. The van der Waals surface area contributed by atoms with E-state index in [1.807, 2.05) is 48.1 Å². The van der Waals surface area contributed by atoms with Gasteiger partial charge in [-0.25, -0.2) is 4.98 Å². The number of pyridine rings is 1. The lowest BCUT2D eigenvalue weighted by atomic mass is 10.3. The molecule has 0 unspecified atom stereocenters. The van der Waals surface area contributed by atoms with Crippen LogP contribution in [-0.4, -0.2) is 9.55 Å². The molecule has 0 aliphatic carbocycles. The summed E-state index contributed by atoms with van der Waals surface area (Å²) in [4.78, 5) is 4.35. The molecule has 0 aliphatic rings. The van der Waals surface area contributed by atoms with Crippen molar-refractivity contribution in [3.63, 3.8) is 0 Å². The molecule has 0 saturated carbocycles. The number of nitrogen functional groups attached to an aromatic ring is 1. The van der Waals surface area contributed by atoms with Gasteiger partial charge in [0.2, 0.25) is 0 Å². The van der Waals surface area contributed by atoms with E-state index in [1.54, 1.807) is 0 Å². The van der Waals surface area contributed by atoms with E-state index in [0.717, 1.165) is 11.5 Å². The predicted octanol–water partition coefficient (Wildman–Crippen LogP) is 1.76. The van der Waals surface area contributed by atoms with Gasteiger partial charge in [-0.15, -0.1) is 0 Å². The molecule has 0 aliphatic heterocycles. The maximum atomic E-state index is 5.80. The molecule has 0 atom stereocenters. The minimum Gasteiger partial charge on any atom is -0.396 e. The van der Waals surface area contributed by atoms with E-state index in [-0.39, 0.29) is 0 Å². The number of hydrogen-bond donors (Lipinski definition) is 1. The number of hydrogen-bond acceptors (Lipinski definition) is 2. The number of nitrogens with two attached hydrogens (primary N) is 1. The largest absolute Gasteiger partial charge is 0.396 e. The molecule has 0 saturated heterocycles. The molecule has 2 rings (SSSR count). The van der Waals surface area contributed by atoms with Crippen molar-refractivity contribution in [2.45, 2.75) is 6.92 Å². The van der Waals surface area contributed by atoms with Crippen LogP contribution in [0.2, 0.25) is 0 Å². The number of aryl methyl sites for hydroxylation is 1. The van der Waals surface area contributed by atoms with Crippen molar-refractivity contribution < 1.29 is 0 Å². The van der Waals surface area contributed by atoms with Crippen LogP contribution >= 0.6 is 0 Å². The third-order valence-corrected chi connectivity index (χ3v) is 1.89. The standard InChI is InChI=1S/C10H11N3/c1-8-4-5-9(11)10(12-8)13-6-2-3-7-13/h2-7H,11H2,1H3. The Labute approximate surface area is 76.8 Å². The molecule has 2 heterocycles. The van der Waals surface area contributed by atoms with E-state index in [2.05, 4.69) is 4.98 Å². The molecular weight excluding hydrogens is 162 g/mol. The van der Waals surface area contributed by atoms with Gasteiger partial charge in [0, 0.05) is 18.1 Å². The average Bonchev–Trinajstić information content (AvgIpc) is 2.61. The average molecular weight is 173 g/mol. The first-order chi connectivity index (χ1) is 6.27. The summed E-state index contributed by atoms with van der Waals surface area (Å²) in [5, 5.41) is 0. The molecule has 0 radical (unpaired) electrons. The van der Waals surface area contributed by atoms with Crippen molar-refractivity contribution in [1.29, 1.82) is 0 Å². The Kier molecular flexibility index (Phi) is 1.77. The predicted molar refractivity (Wildman–Crippen MR) is 52.7 cm³/mol. The van der Waals surface area contributed by atoms with Gasteiger partial charge in [-0.2, -0.15) is 0 Å². The zero-order valence-corrected chi connectivity index (χ0v) is 7.44. The van der Waals surface area contributed by atoms with Gasteiger partial charge in [0.25, 0.3) is 0 Å². The van der Waals surface area contributed by atoms with Crippen LogP contribution in [0.25, 0.3) is 5.82 Å². The molecule has 0 bridgehead atoms. The first-order valence-electron chi connectivity index (χ1n) is 4.14. The highest BCUT2D eigenvalue weighted by molar-refractivity contribution is 5.53. The van der Waals surface area contributed by atoms with Crippen LogP contribution in [0.4, 0.5) is 5.69 Å². The lowest BCUT2D eigenvalue weighted by Crippen LogP contribution is -2.01. The lowest BCUT2D eigenvalue weighted by molar-refractivity contribution is 0.993. The van der Waals surface area contributed by atoms with E-state index in [9.17, 15) is 0 Å². The van der Waals surface area contributed by atoms with E-state index < -0.39 is 0 Å². The minimum absolute atomic E-state index is 0.696. The van der Waals surface area contributed by atoms with Crippen molar-refractivity contribution in [2.24, 2.45) is 0 Å². The van der Waals surface area contributed by atoms with Crippen molar-refractivity contribution in [3.8, 4) is 5.82 Å². The maximum absolute atomic E-state index is 5.80. The third-order valence-electron chi connectivity index (χ3n) is 1.89. The Hall–Kier alpha value is -1.77. The fourth-order valence-electron chi connectivity index (χ4n) is 1.24. The highest BCUT2D eigenvalue weighted by Crippen LogP contribution is 2.14. The van der Waals surface area contributed by atoms with Gasteiger partial charge in [0.15, 0.2) is 5.82 Å². The summed E-state index contributed by atoms with van der Waals surface area (Å²) in [6.07, 6.45) is 3.86. The van der Waals surface area contributed by atoms with Crippen LogP contribution in [0.5, 0.6) is 0 Å². The number of aromatic nitrogens is 2. The molecule has 2 aromatic rings. The topological polar surface area (TPSA) is 43.8 Å². The van der Waals surface area contributed by atoms with Crippen LogP contribution in [0.3, 0.4) is 0 Å². The summed E-state index contributed by atoms with van der Waals surface area (Å²) in [7, 11) is 0. The van der Waals surface area contributed by atoms with Crippen LogP contribution in [0.15, 0.2) is 36.7 Å². The summed E-state index contributed by atoms with van der Waals surface area (Å²) >= 11 is 0. The number of anilines is 1. The fourth-order valence-corrected chi connectivity index (χ4v) is 1.24. The smallest absolute Gasteiger partial charge is 0.160 e. The molecule has 0 fully saturated rings. The van der Waals surface area contributed by atoms with Gasteiger partial charge in [-0.1, -0.05) is 0 Å².